The minimum Gasteiger partial charge on any atom is -0.329 e. The molecular formula is C8H16N2O. The third-order valence-electron chi connectivity index (χ3n) is 2.05. The minimum atomic E-state index is 0.126. The van der Waals surface area contributed by atoms with E-state index in [1.165, 1.54) is 0 Å². The highest BCUT2D eigenvalue weighted by molar-refractivity contribution is 5.80. The van der Waals surface area contributed by atoms with Gasteiger partial charge in [-0.15, -0.1) is 0 Å². The second kappa shape index (κ2) is 2.48. The van der Waals surface area contributed by atoms with Crippen LogP contribution in [0, 0.1) is 5.41 Å². The summed E-state index contributed by atoms with van der Waals surface area (Å²) in [6.45, 7) is 6.86. The van der Waals surface area contributed by atoms with E-state index in [2.05, 4.69) is 26.1 Å². The van der Waals surface area contributed by atoms with Crippen LogP contribution in [-0.2, 0) is 4.79 Å². The first-order valence-corrected chi connectivity index (χ1v) is 3.92. The van der Waals surface area contributed by atoms with Crippen LogP contribution in [0.4, 0.5) is 0 Å². The van der Waals surface area contributed by atoms with E-state index < -0.39 is 0 Å². The monoisotopic (exact) mass is 156 g/mol. The molecule has 1 aliphatic rings. The van der Waals surface area contributed by atoms with E-state index in [4.69, 9.17) is 0 Å². The van der Waals surface area contributed by atoms with Gasteiger partial charge < -0.3 is 4.90 Å². The summed E-state index contributed by atoms with van der Waals surface area (Å²) in [7, 11) is 1.85. The zero-order valence-electron chi connectivity index (χ0n) is 7.64. The number of carbonyl (C=O) groups excluding carboxylic acids is 1. The molecule has 1 rings (SSSR count). The van der Waals surface area contributed by atoms with E-state index in [9.17, 15) is 4.79 Å². The largest absolute Gasteiger partial charge is 0.329 e. The average Bonchev–Trinajstić information content (AvgIpc) is 2.11. The molecule has 64 valence electrons. The van der Waals surface area contributed by atoms with Gasteiger partial charge in [0, 0.05) is 7.05 Å². The summed E-state index contributed by atoms with van der Waals surface area (Å²) in [5.74, 6) is 0.185. The number of hydrogen-bond donors (Lipinski definition) is 1. The Kier molecular flexibility index (Phi) is 1.92. The Morgan fingerprint density at radius 2 is 2.09 bits per heavy atom. The molecule has 11 heavy (non-hydrogen) atoms. The van der Waals surface area contributed by atoms with Crippen molar-refractivity contribution in [3.8, 4) is 0 Å². The number of amides is 1. The first-order chi connectivity index (χ1) is 4.93. The maximum Gasteiger partial charge on any atom is 0.237 e. The standard InChI is InChI=1S/C8H16N2O/c1-8(2,3)7-9-5-6(11)10(7)4/h7,9H,5H2,1-4H3. The molecule has 1 heterocycles. The van der Waals surface area contributed by atoms with Crippen LogP contribution in [0.3, 0.4) is 0 Å². The molecule has 0 radical (unpaired) electrons. The highest BCUT2D eigenvalue weighted by atomic mass is 16.2. The molecule has 0 bridgehead atoms. The fraction of sp³-hybridized carbons (Fsp3) is 0.875. The SMILES string of the molecule is CN1C(=O)CNC1C(C)(C)C. The zero-order valence-corrected chi connectivity index (χ0v) is 7.64. The number of hydrogen-bond acceptors (Lipinski definition) is 2. The van der Waals surface area contributed by atoms with Crippen LogP contribution in [0.5, 0.6) is 0 Å². The normalized spacial score (nSPS) is 26.4. The molecule has 0 saturated carbocycles. The predicted molar refractivity (Wildman–Crippen MR) is 44.0 cm³/mol. The molecule has 1 amide bonds. The van der Waals surface area contributed by atoms with Gasteiger partial charge in [0.15, 0.2) is 0 Å². The van der Waals surface area contributed by atoms with Gasteiger partial charge in [-0.1, -0.05) is 20.8 Å². The highest BCUT2D eigenvalue weighted by Crippen LogP contribution is 2.23. The zero-order chi connectivity index (χ0) is 8.65. The lowest BCUT2D eigenvalue weighted by Gasteiger charge is -2.32. The van der Waals surface area contributed by atoms with Crippen LogP contribution in [0.1, 0.15) is 20.8 Å². The Hall–Kier alpha value is -0.570. The van der Waals surface area contributed by atoms with Crippen molar-refractivity contribution in [2.45, 2.75) is 26.9 Å². The quantitative estimate of drug-likeness (QED) is 0.551. The minimum absolute atomic E-state index is 0.126. The maximum atomic E-state index is 11.1. The predicted octanol–water partition coefficient (Wildman–Crippen LogP) is 0.420. The van der Waals surface area contributed by atoms with Crippen molar-refractivity contribution in [2.75, 3.05) is 13.6 Å². The van der Waals surface area contributed by atoms with Gasteiger partial charge in [-0.05, 0) is 5.41 Å². The molecule has 1 aliphatic heterocycles. The summed E-state index contributed by atoms with van der Waals surface area (Å²) in [5, 5.41) is 3.17. The van der Waals surface area contributed by atoms with Gasteiger partial charge in [-0.25, -0.2) is 0 Å². The second-order valence-corrected chi connectivity index (χ2v) is 4.15. The van der Waals surface area contributed by atoms with E-state index in [-0.39, 0.29) is 17.5 Å². The summed E-state index contributed by atoms with van der Waals surface area (Å²) in [4.78, 5) is 12.9. The topological polar surface area (TPSA) is 32.3 Å². The van der Waals surface area contributed by atoms with Crippen molar-refractivity contribution < 1.29 is 4.79 Å². The first-order valence-electron chi connectivity index (χ1n) is 3.92. The van der Waals surface area contributed by atoms with Crippen LogP contribution in [0.25, 0.3) is 0 Å². The fourth-order valence-corrected chi connectivity index (χ4v) is 1.48. The Bertz CT molecular complexity index is 171. The van der Waals surface area contributed by atoms with Gasteiger partial charge in [0.05, 0.1) is 12.7 Å². The van der Waals surface area contributed by atoms with Gasteiger partial charge in [-0.2, -0.15) is 0 Å². The lowest BCUT2D eigenvalue weighted by atomic mass is 9.92. The molecule has 1 fully saturated rings. The molecule has 0 aromatic heterocycles. The number of nitrogens with one attached hydrogen (secondary N) is 1. The number of carbonyl (C=O) groups is 1. The second-order valence-electron chi connectivity index (χ2n) is 4.15. The van der Waals surface area contributed by atoms with Crippen LogP contribution in [-0.4, -0.2) is 30.6 Å². The van der Waals surface area contributed by atoms with Gasteiger partial charge in [0.1, 0.15) is 0 Å². The summed E-state index contributed by atoms with van der Waals surface area (Å²) >= 11 is 0. The molecule has 0 aromatic carbocycles. The Balaban J connectivity index is 2.70. The third kappa shape index (κ3) is 1.53. The molecular weight excluding hydrogens is 140 g/mol. The summed E-state index contributed by atoms with van der Waals surface area (Å²) in [6.07, 6.45) is 0.190. The maximum absolute atomic E-state index is 11.1. The summed E-state index contributed by atoms with van der Waals surface area (Å²) in [5.41, 5.74) is 0.126. The molecule has 0 spiro atoms. The van der Waals surface area contributed by atoms with Gasteiger partial charge in [0.25, 0.3) is 0 Å². The van der Waals surface area contributed by atoms with Crippen molar-refractivity contribution >= 4 is 5.91 Å². The van der Waals surface area contributed by atoms with Gasteiger partial charge in [-0.3, -0.25) is 10.1 Å². The van der Waals surface area contributed by atoms with Crippen LogP contribution >= 0.6 is 0 Å². The number of likely N-dealkylation sites (N-methyl/N-ethyl adjacent to an activating group) is 1. The van der Waals surface area contributed by atoms with E-state index in [0.29, 0.717) is 6.54 Å². The molecule has 1 saturated heterocycles. The molecule has 3 heteroatoms. The van der Waals surface area contributed by atoms with Crippen LogP contribution < -0.4 is 5.32 Å². The molecule has 0 aliphatic carbocycles. The lowest BCUT2D eigenvalue weighted by Crippen LogP contribution is -2.44. The molecule has 3 nitrogen and oxygen atoms in total. The summed E-state index contributed by atoms with van der Waals surface area (Å²) in [6, 6.07) is 0. The van der Waals surface area contributed by atoms with Crippen LogP contribution in [0.2, 0.25) is 0 Å². The highest BCUT2D eigenvalue weighted by Gasteiger charge is 2.35. The third-order valence-corrected chi connectivity index (χ3v) is 2.05. The lowest BCUT2D eigenvalue weighted by molar-refractivity contribution is -0.127. The Morgan fingerprint density at radius 3 is 2.27 bits per heavy atom. The van der Waals surface area contributed by atoms with Crippen molar-refractivity contribution in [3.05, 3.63) is 0 Å². The molecule has 1 atom stereocenters. The van der Waals surface area contributed by atoms with Crippen molar-refractivity contribution in [3.63, 3.8) is 0 Å². The number of nitrogens with zero attached hydrogens (tertiary/aromatic N) is 1. The first kappa shape index (κ1) is 8.53. The molecule has 0 aromatic rings. The molecule has 1 unspecified atom stereocenters. The fourth-order valence-electron chi connectivity index (χ4n) is 1.48. The van der Waals surface area contributed by atoms with Crippen molar-refractivity contribution in [1.29, 1.82) is 0 Å². The van der Waals surface area contributed by atoms with E-state index in [1.54, 1.807) is 4.90 Å². The molecule has 1 N–H and O–H groups in total. The van der Waals surface area contributed by atoms with Gasteiger partial charge in [0.2, 0.25) is 5.91 Å². The summed E-state index contributed by atoms with van der Waals surface area (Å²) < 4.78 is 0. The van der Waals surface area contributed by atoms with E-state index >= 15 is 0 Å². The smallest absolute Gasteiger partial charge is 0.237 e. The van der Waals surface area contributed by atoms with Crippen molar-refractivity contribution in [1.82, 2.24) is 10.2 Å². The van der Waals surface area contributed by atoms with E-state index in [1.807, 2.05) is 7.05 Å². The average molecular weight is 156 g/mol. The van der Waals surface area contributed by atoms with Gasteiger partial charge >= 0.3 is 0 Å². The van der Waals surface area contributed by atoms with Crippen LogP contribution in [0.15, 0.2) is 0 Å². The Labute approximate surface area is 67.8 Å². The van der Waals surface area contributed by atoms with Crippen molar-refractivity contribution in [2.24, 2.45) is 5.41 Å². The van der Waals surface area contributed by atoms with E-state index in [0.717, 1.165) is 0 Å². The Morgan fingerprint density at radius 1 is 1.55 bits per heavy atom. The number of rotatable bonds is 0.